The fourth-order valence-electron chi connectivity index (χ4n) is 2.44. The molecule has 0 bridgehead atoms. The molecule has 7 heteroatoms. The molecule has 0 aliphatic heterocycles. The first-order chi connectivity index (χ1) is 9.78. The standard InChI is InChI=1S/C14H25N3O4/c1-9(2)11(15)12(19)16-7-10(18)17-8-14(13(20)21)5-3-4-6-14/h9,11H,3-8,15H2,1-2H3,(H,16,19)(H,17,18)(H,20,21)/t11-/m0/s1. The second-order valence-corrected chi connectivity index (χ2v) is 6.06. The average molecular weight is 299 g/mol. The SMILES string of the molecule is CC(C)[C@H](N)C(=O)NCC(=O)NCC1(C(=O)O)CCCC1. The Kier molecular flexibility index (Phi) is 6.14. The third kappa shape index (κ3) is 4.70. The lowest BCUT2D eigenvalue weighted by atomic mass is 9.86. The summed E-state index contributed by atoms with van der Waals surface area (Å²) < 4.78 is 0. The first-order valence-corrected chi connectivity index (χ1v) is 7.32. The van der Waals surface area contributed by atoms with E-state index in [1.54, 1.807) is 0 Å². The fourth-order valence-corrected chi connectivity index (χ4v) is 2.44. The molecule has 0 heterocycles. The minimum Gasteiger partial charge on any atom is -0.481 e. The van der Waals surface area contributed by atoms with Crippen LogP contribution in [0.4, 0.5) is 0 Å². The van der Waals surface area contributed by atoms with Crippen molar-refractivity contribution in [3.8, 4) is 0 Å². The van der Waals surface area contributed by atoms with Crippen LogP contribution in [0.1, 0.15) is 39.5 Å². The van der Waals surface area contributed by atoms with E-state index in [1.807, 2.05) is 13.8 Å². The lowest BCUT2D eigenvalue weighted by Gasteiger charge is -2.24. The summed E-state index contributed by atoms with van der Waals surface area (Å²) in [7, 11) is 0. The van der Waals surface area contributed by atoms with E-state index in [-0.39, 0.29) is 24.9 Å². The molecule has 1 saturated carbocycles. The van der Waals surface area contributed by atoms with Crippen LogP contribution in [-0.2, 0) is 14.4 Å². The van der Waals surface area contributed by atoms with E-state index in [2.05, 4.69) is 10.6 Å². The highest BCUT2D eigenvalue weighted by Crippen LogP contribution is 2.37. The molecule has 0 unspecified atom stereocenters. The summed E-state index contributed by atoms with van der Waals surface area (Å²) >= 11 is 0. The van der Waals surface area contributed by atoms with E-state index in [1.165, 1.54) is 0 Å². The highest BCUT2D eigenvalue weighted by atomic mass is 16.4. The zero-order chi connectivity index (χ0) is 16.0. The maximum Gasteiger partial charge on any atom is 0.311 e. The van der Waals surface area contributed by atoms with Crippen LogP contribution in [-0.4, -0.2) is 42.0 Å². The first-order valence-electron chi connectivity index (χ1n) is 7.32. The molecule has 0 aromatic rings. The van der Waals surface area contributed by atoms with Gasteiger partial charge in [-0.2, -0.15) is 0 Å². The molecule has 2 amide bonds. The van der Waals surface area contributed by atoms with E-state index < -0.39 is 23.3 Å². The number of rotatable bonds is 7. The zero-order valence-corrected chi connectivity index (χ0v) is 12.6. The number of hydrogen-bond acceptors (Lipinski definition) is 4. The van der Waals surface area contributed by atoms with Gasteiger partial charge in [-0.05, 0) is 18.8 Å². The van der Waals surface area contributed by atoms with Gasteiger partial charge in [-0.25, -0.2) is 0 Å². The Balaban J connectivity index is 2.37. The zero-order valence-electron chi connectivity index (χ0n) is 12.6. The summed E-state index contributed by atoms with van der Waals surface area (Å²) in [4.78, 5) is 34.6. The van der Waals surface area contributed by atoms with Crippen molar-refractivity contribution in [3.05, 3.63) is 0 Å². The van der Waals surface area contributed by atoms with Gasteiger partial charge in [-0.3, -0.25) is 14.4 Å². The van der Waals surface area contributed by atoms with Gasteiger partial charge in [0.2, 0.25) is 11.8 Å². The molecule has 1 aliphatic carbocycles. The smallest absolute Gasteiger partial charge is 0.311 e. The van der Waals surface area contributed by atoms with Crippen LogP contribution in [0.2, 0.25) is 0 Å². The number of nitrogens with one attached hydrogen (secondary N) is 2. The number of nitrogens with two attached hydrogens (primary N) is 1. The molecule has 0 spiro atoms. The molecular formula is C14H25N3O4. The van der Waals surface area contributed by atoms with Gasteiger partial charge in [0.25, 0.3) is 0 Å². The molecule has 7 nitrogen and oxygen atoms in total. The topological polar surface area (TPSA) is 122 Å². The van der Waals surface area contributed by atoms with Crippen molar-refractivity contribution in [3.63, 3.8) is 0 Å². The Bertz CT molecular complexity index is 403. The number of carboxylic acids is 1. The number of aliphatic carboxylic acids is 1. The van der Waals surface area contributed by atoms with Crippen LogP contribution in [0.25, 0.3) is 0 Å². The van der Waals surface area contributed by atoms with Gasteiger partial charge in [0.05, 0.1) is 18.0 Å². The maximum absolute atomic E-state index is 11.7. The van der Waals surface area contributed by atoms with Gasteiger partial charge in [-0.1, -0.05) is 26.7 Å². The normalized spacial score (nSPS) is 18.3. The predicted molar refractivity (Wildman–Crippen MR) is 77.4 cm³/mol. The molecule has 0 radical (unpaired) electrons. The number of carboxylic acid groups (broad SMARTS) is 1. The van der Waals surface area contributed by atoms with Gasteiger partial charge in [-0.15, -0.1) is 0 Å². The highest BCUT2D eigenvalue weighted by Gasteiger charge is 2.41. The Labute approximate surface area is 124 Å². The van der Waals surface area contributed by atoms with Gasteiger partial charge < -0.3 is 21.5 Å². The number of amides is 2. The van der Waals surface area contributed by atoms with Gasteiger partial charge in [0.1, 0.15) is 0 Å². The van der Waals surface area contributed by atoms with Crippen LogP contribution in [0, 0.1) is 11.3 Å². The molecule has 0 aromatic heterocycles. The van der Waals surface area contributed by atoms with Crippen molar-refractivity contribution < 1.29 is 19.5 Å². The maximum atomic E-state index is 11.7. The van der Waals surface area contributed by atoms with Gasteiger partial charge in [0, 0.05) is 6.54 Å². The molecule has 1 rings (SSSR count). The average Bonchev–Trinajstić information content (AvgIpc) is 2.91. The van der Waals surface area contributed by atoms with Crippen molar-refractivity contribution in [2.24, 2.45) is 17.1 Å². The summed E-state index contributed by atoms with van der Waals surface area (Å²) in [5.41, 5.74) is 4.81. The summed E-state index contributed by atoms with van der Waals surface area (Å²) in [6, 6.07) is -0.655. The minimum absolute atomic E-state index is 0.0122. The molecule has 0 aromatic carbocycles. The van der Waals surface area contributed by atoms with Crippen molar-refractivity contribution in [2.45, 2.75) is 45.6 Å². The largest absolute Gasteiger partial charge is 0.481 e. The van der Waals surface area contributed by atoms with Crippen LogP contribution >= 0.6 is 0 Å². The Hall–Kier alpha value is -1.63. The van der Waals surface area contributed by atoms with Crippen LogP contribution in [0.5, 0.6) is 0 Å². The van der Waals surface area contributed by atoms with E-state index in [4.69, 9.17) is 5.73 Å². The second kappa shape index (κ2) is 7.40. The van der Waals surface area contributed by atoms with Crippen LogP contribution in [0.3, 0.4) is 0 Å². The Morgan fingerprint density at radius 3 is 2.24 bits per heavy atom. The third-order valence-electron chi connectivity index (χ3n) is 4.08. The number of carbonyl (C=O) groups is 3. The molecule has 1 fully saturated rings. The van der Waals surface area contributed by atoms with E-state index in [9.17, 15) is 19.5 Å². The first kappa shape index (κ1) is 17.4. The molecule has 5 N–H and O–H groups in total. The van der Waals surface area contributed by atoms with Gasteiger partial charge >= 0.3 is 5.97 Å². The highest BCUT2D eigenvalue weighted by molar-refractivity contribution is 5.87. The number of carbonyl (C=O) groups excluding carboxylic acids is 2. The van der Waals surface area contributed by atoms with E-state index in [0.717, 1.165) is 12.8 Å². The van der Waals surface area contributed by atoms with Gasteiger partial charge in [0.15, 0.2) is 0 Å². The lowest BCUT2D eigenvalue weighted by molar-refractivity contribution is -0.148. The van der Waals surface area contributed by atoms with E-state index in [0.29, 0.717) is 12.8 Å². The molecular weight excluding hydrogens is 274 g/mol. The van der Waals surface area contributed by atoms with Crippen molar-refractivity contribution in [1.82, 2.24) is 10.6 Å². The predicted octanol–water partition coefficient (Wildman–Crippen LogP) is -0.153. The Morgan fingerprint density at radius 2 is 1.76 bits per heavy atom. The quantitative estimate of drug-likeness (QED) is 0.521. The lowest BCUT2D eigenvalue weighted by Crippen LogP contribution is -2.49. The van der Waals surface area contributed by atoms with Crippen LogP contribution in [0.15, 0.2) is 0 Å². The van der Waals surface area contributed by atoms with Crippen molar-refractivity contribution in [2.75, 3.05) is 13.1 Å². The summed E-state index contributed by atoms with van der Waals surface area (Å²) in [6.45, 7) is 3.56. The summed E-state index contributed by atoms with van der Waals surface area (Å²) in [5.74, 6) is -1.66. The molecule has 21 heavy (non-hydrogen) atoms. The third-order valence-corrected chi connectivity index (χ3v) is 4.08. The number of hydrogen-bond donors (Lipinski definition) is 4. The molecule has 1 aliphatic rings. The second-order valence-electron chi connectivity index (χ2n) is 6.06. The molecule has 1 atom stereocenters. The fraction of sp³-hybridized carbons (Fsp3) is 0.786. The van der Waals surface area contributed by atoms with Crippen molar-refractivity contribution >= 4 is 17.8 Å². The minimum atomic E-state index is -0.869. The van der Waals surface area contributed by atoms with E-state index >= 15 is 0 Å². The monoisotopic (exact) mass is 299 g/mol. The summed E-state index contributed by atoms with van der Waals surface area (Å²) in [5, 5.41) is 14.3. The molecule has 120 valence electrons. The Morgan fingerprint density at radius 1 is 1.19 bits per heavy atom. The molecule has 0 saturated heterocycles. The van der Waals surface area contributed by atoms with Crippen LogP contribution < -0.4 is 16.4 Å². The van der Waals surface area contributed by atoms with Crippen molar-refractivity contribution in [1.29, 1.82) is 0 Å². The summed E-state index contributed by atoms with van der Waals surface area (Å²) in [6.07, 6.45) is 2.88.